The van der Waals surface area contributed by atoms with Crippen LogP contribution < -0.4 is 23.8 Å². The van der Waals surface area contributed by atoms with Crippen LogP contribution in [0, 0.1) is 0 Å². The van der Waals surface area contributed by atoms with Gasteiger partial charge >= 0.3 is 0 Å². The van der Waals surface area contributed by atoms with E-state index in [2.05, 4.69) is 0 Å². The van der Waals surface area contributed by atoms with Crippen molar-refractivity contribution in [2.45, 2.75) is 0 Å². The second-order valence-corrected chi connectivity index (χ2v) is 8.30. The fraction of sp³-hybridized carbons (Fsp3) is 0.364. The van der Waals surface area contributed by atoms with E-state index in [9.17, 15) is 4.79 Å². The zero-order chi connectivity index (χ0) is 22.0. The molecule has 1 aliphatic heterocycles. The number of fused-ring (bicyclic) bond motifs is 2. The molecule has 0 atom stereocenters. The van der Waals surface area contributed by atoms with Crippen LogP contribution in [0.15, 0.2) is 30.3 Å². The summed E-state index contributed by atoms with van der Waals surface area (Å²) in [5, 5.41) is 0.618. The summed E-state index contributed by atoms with van der Waals surface area (Å²) in [5.41, 5.74) is 1.28. The molecule has 4 rings (SSSR count). The quantitative estimate of drug-likeness (QED) is 0.555. The van der Waals surface area contributed by atoms with Gasteiger partial charge in [0.25, 0.3) is 5.91 Å². The molecule has 0 fully saturated rings. The van der Waals surface area contributed by atoms with Gasteiger partial charge in [-0.1, -0.05) is 11.3 Å². The molecule has 0 spiro atoms. The first kappa shape index (κ1) is 21.2. The molecule has 31 heavy (non-hydrogen) atoms. The van der Waals surface area contributed by atoms with Gasteiger partial charge in [0.1, 0.15) is 13.2 Å². The van der Waals surface area contributed by atoms with Crippen LogP contribution in [0.25, 0.3) is 10.2 Å². The molecule has 3 aromatic rings. The number of rotatable bonds is 7. The number of benzene rings is 2. The Kier molecular flexibility index (Phi) is 6.15. The molecule has 0 radical (unpaired) electrons. The molecule has 0 bridgehead atoms. The molecule has 0 N–H and O–H groups in total. The summed E-state index contributed by atoms with van der Waals surface area (Å²) in [6, 6.07) is 8.98. The van der Waals surface area contributed by atoms with Crippen LogP contribution in [-0.2, 0) is 0 Å². The lowest BCUT2D eigenvalue weighted by atomic mass is 10.1. The van der Waals surface area contributed by atoms with Gasteiger partial charge in [-0.15, -0.1) is 0 Å². The van der Waals surface area contributed by atoms with Gasteiger partial charge in [0.2, 0.25) is 0 Å². The van der Waals surface area contributed by atoms with Crippen LogP contribution in [-0.4, -0.2) is 70.4 Å². The maximum Gasteiger partial charge on any atom is 0.260 e. The molecule has 1 aromatic heterocycles. The lowest BCUT2D eigenvalue weighted by molar-refractivity contribution is 0.0984. The minimum atomic E-state index is -0.142. The Morgan fingerprint density at radius 2 is 1.74 bits per heavy atom. The van der Waals surface area contributed by atoms with Crippen LogP contribution in [0.2, 0.25) is 0 Å². The van der Waals surface area contributed by atoms with Gasteiger partial charge in [0, 0.05) is 30.8 Å². The third-order valence-corrected chi connectivity index (χ3v) is 5.96. The van der Waals surface area contributed by atoms with Gasteiger partial charge in [-0.2, -0.15) is 0 Å². The lowest BCUT2D eigenvalue weighted by Gasteiger charge is -2.23. The second-order valence-electron chi connectivity index (χ2n) is 7.29. The number of likely N-dealkylation sites (N-methyl/N-ethyl adjacent to an activating group) is 1. The third kappa shape index (κ3) is 4.38. The monoisotopic (exact) mass is 443 g/mol. The number of hydrogen-bond donors (Lipinski definition) is 0. The first-order valence-corrected chi connectivity index (χ1v) is 10.7. The summed E-state index contributed by atoms with van der Waals surface area (Å²) >= 11 is 1.44. The summed E-state index contributed by atoms with van der Waals surface area (Å²) in [7, 11) is 7.13. The molecule has 1 amide bonds. The van der Waals surface area contributed by atoms with E-state index in [0.29, 0.717) is 60.0 Å². The second kappa shape index (κ2) is 8.99. The summed E-state index contributed by atoms with van der Waals surface area (Å²) in [6.07, 6.45) is 0. The Labute approximate surface area is 184 Å². The summed E-state index contributed by atoms with van der Waals surface area (Å²) in [6.45, 7) is 2.16. The number of methoxy groups -OCH3 is 2. The number of amides is 1. The Balaban J connectivity index is 1.71. The van der Waals surface area contributed by atoms with Crippen molar-refractivity contribution in [1.29, 1.82) is 0 Å². The first-order chi connectivity index (χ1) is 15.0. The van der Waals surface area contributed by atoms with Crippen LogP contribution >= 0.6 is 11.3 Å². The summed E-state index contributed by atoms with van der Waals surface area (Å²) in [4.78, 5) is 22.0. The van der Waals surface area contributed by atoms with E-state index in [1.165, 1.54) is 11.3 Å². The summed E-state index contributed by atoms with van der Waals surface area (Å²) in [5.74, 6) is 2.33. The predicted octanol–water partition coefficient (Wildman–Crippen LogP) is 3.29. The van der Waals surface area contributed by atoms with E-state index >= 15 is 0 Å². The van der Waals surface area contributed by atoms with Crippen molar-refractivity contribution >= 4 is 32.6 Å². The van der Waals surface area contributed by atoms with Crippen molar-refractivity contribution in [3.8, 4) is 23.0 Å². The normalized spacial score (nSPS) is 12.8. The number of carbonyl (C=O) groups excluding carboxylic acids is 1. The molecule has 2 aromatic carbocycles. The minimum Gasteiger partial charge on any atom is -0.493 e. The van der Waals surface area contributed by atoms with Gasteiger partial charge in [0.05, 0.1) is 24.4 Å². The number of ether oxygens (including phenoxy) is 4. The van der Waals surface area contributed by atoms with E-state index in [-0.39, 0.29) is 5.91 Å². The molecular formula is C22H25N3O5S. The largest absolute Gasteiger partial charge is 0.493 e. The van der Waals surface area contributed by atoms with E-state index in [4.69, 9.17) is 23.9 Å². The number of nitrogens with zero attached hydrogens (tertiary/aromatic N) is 3. The Hall–Kier alpha value is -3.04. The summed E-state index contributed by atoms with van der Waals surface area (Å²) < 4.78 is 22.9. The van der Waals surface area contributed by atoms with Crippen molar-refractivity contribution in [2.24, 2.45) is 0 Å². The topological polar surface area (TPSA) is 73.4 Å². The molecule has 0 saturated heterocycles. The molecule has 0 saturated carbocycles. The molecule has 8 nitrogen and oxygen atoms in total. The highest BCUT2D eigenvalue weighted by molar-refractivity contribution is 7.22. The van der Waals surface area contributed by atoms with Crippen molar-refractivity contribution in [3.05, 3.63) is 35.9 Å². The minimum absolute atomic E-state index is 0.142. The highest BCUT2D eigenvalue weighted by Crippen LogP contribution is 2.38. The Morgan fingerprint density at radius 3 is 2.45 bits per heavy atom. The third-order valence-electron chi connectivity index (χ3n) is 4.92. The highest BCUT2D eigenvalue weighted by atomic mass is 32.1. The zero-order valence-corrected chi connectivity index (χ0v) is 18.8. The molecule has 1 aliphatic rings. The van der Waals surface area contributed by atoms with Gasteiger partial charge in [-0.05, 0) is 32.3 Å². The molecule has 2 heterocycles. The van der Waals surface area contributed by atoms with Crippen LogP contribution in [0.1, 0.15) is 10.4 Å². The standard InChI is InChI=1S/C22H25N3O5S/c1-24(2)7-8-25(21(26)14-5-6-16-19(11-14)30-10-9-29-16)22-23-15-12-17(27-3)18(28-4)13-20(15)31-22/h5-6,11-13H,7-10H2,1-4H3. The maximum atomic E-state index is 13.5. The molecule has 0 unspecified atom stereocenters. The van der Waals surface area contributed by atoms with E-state index in [0.717, 1.165) is 10.2 Å². The average molecular weight is 444 g/mol. The average Bonchev–Trinajstić information content (AvgIpc) is 3.19. The van der Waals surface area contributed by atoms with Gasteiger partial charge in [-0.3, -0.25) is 9.69 Å². The van der Waals surface area contributed by atoms with Crippen molar-refractivity contribution in [3.63, 3.8) is 0 Å². The van der Waals surface area contributed by atoms with E-state index in [1.807, 2.05) is 31.1 Å². The first-order valence-electron chi connectivity index (χ1n) is 9.89. The van der Waals surface area contributed by atoms with Crippen molar-refractivity contribution < 1.29 is 23.7 Å². The van der Waals surface area contributed by atoms with Crippen LogP contribution in [0.4, 0.5) is 5.13 Å². The van der Waals surface area contributed by atoms with Gasteiger partial charge in [-0.25, -0.2) is 4.98 Å². The van der Waals surface area contributed by atoms with Crippen LogP contribution in [0.5, 0.6) is 23.0 Å². The number of thiazole rings is 1. The number of anilines is 1. The van der Waals surface area contributed by atoms with Crippen LogP contribution in [0.3, 0.4) is 0 Å². The number of carbonyl (C=O) groups is 1. The predicted molar refractivity (Wildman–Crippen MR) is 120 cm³/mol. The zero-order valence-electron chi connectivity index (χ0n) is 18.0. The highest BCUT2D eigenvalue weighted by Gasteiger charge is 2.24. The molecule has 9 heteroatoms. The van der Waals surface area contributed by atoms with E-state index in [1.54, 1.807) is 37.3 Å². The fourth-order valence-corrected chi connectivity index (χ4v) is 4.27. The van der Waals surface area contributed by atoms with Crippen molar-refractivity contribution in [2.75, 3.05) is 59.5 Å². The van der Waals surface area contributed by atoms with Gasteiger partial charge < -0.3 is 23.8 Å². The fourth-order valence-electron chi connectivity index (χ4n) is 3.27. The molecular weight excluding hydrogens is 418 g/mol. The Bertz CT molecular complexity index is 1060. The van der Waals surface area contributed by atoms with E-state index < -0.39 is 0 Å². The molecule has 164 valence electrons. The van der Waals surface area contributed by atoms with Crippen molar-refractivity contribution in [1.82, 2.24) is 9.88 Å². The number of aromatic nitrogens is 1. The smallest absolute Gasteiger partial charge is 0.260 e. The van der Waals surface area contributed by atoms with Gasteiger partial charge in [0.15, 0.2) is 28.1 Å². The lowest BCUT2D eigenvalue weighted by Crippen LogP contribution is -2.36. The Morgan fingerprint density at radius 1 is 1.03 bits per heavy atom. The maximum absolute atomic E-state index is 13.5. The molecule has 0 aliphatic carbocycles. The number of hydrogen-bond acceptors (Lipinski definition) is 8. The SMILES string of the molecule is COc1cc2nc(N(CCN(C)C)C(=O)c3ccc4c(c3)OCCO4)sc2cc1OC.